The third-order valence-corrected chi connectivity index (χ3v) is 5.76. The van der Waals surface area contributed by atoms with Crippen molar-refractivity contribution in [2.45, 2.75) is 6.42 Å². The number of nitrogens with one attached hydrogen (secondary N) is 2. The highest BCUT2D eigenvalue weighted by Gasteiger charge is 2.14. The number of hydrogen-bond acceptors (Lipinski definition) is 7. The molecule has 1 saturated heterocycles. The van der Waals surface area contributed by atoms with Crippen molar-refractivity contribution in [1.82, 2.24) is 14.9 Å². The maximum Gasteiger partial charge on any atom is 0.251 e. The van der Waals surface area contributed by atoms with Gasteiger partial charge in [0.2, 0.25) is 10.0 Å². The van der Waals surface area contributed by atoms with Gasteiger partial charge in [0.25, 0.3) is 5.91 Å². The van der Waals surface area contributed by atoms with E-state index >= 15 is 0 Å². The molecule has 0 spiro atoms. The molecule has 1 heterocycles. The van der Waals surface area contributed by atoms with Crippen molar-refractivity contribution in [2.75, 3.05) is 65.9 Å². The van der Waals surface area contributed by atoms with Crippen LogP contribution < -0.4 is 19.5 Å². The minimum absolute atomic E-state index is 0.0198. The summed E-state index contributed by atoms with van der Waals surface area (Å²) in [5.41, 5.74) is 0.369. The van der Waals surface area contributed by atoms with Crippen molar-refractivity contribution < 1.29 is 27.4 Å². The Bertz CT molecular complexity index is 735. The van der Waals surface area contributed by atoms with Crippen molar-refractivity contribution in [3.63, 3.8) is 0 Å². The van der Waals surface area contributed by atoms with Gasteiger partial charge in [-0.15, -0.1) is 0 Å². The van der Waals surface area contributed by atoms with Gasteiger partial charge in [0.1, 0.15) is 0 Å². The maximum absolute atomic E-state index is 12.2. The van der Waals surface area contributed by atoms with Crippen LogP contribution in [0.15, 0.2) is 18.2 Å². The summed E-state index contributed by atoms with van der Waals surface area (Å²) in [4.78, 5) is 14.4. The molecule has 0 saturated carbocycles. The van der Waals surface area contributed by atoms with E-state index in [0.29, 0.717) is 23.6 Å². The molecule has 1 fully saturated rings. The van der Waals surface area contributed by atoms with E-state index in [1.54, 1.807) is 18.2 Å². The molecule has 2 rings (SSSR count). The van der Waals surface area contributed by atoms with Crippen LogP contribution in [0.3, 0.4) is 0 Å². The number of amides is 1. The standard InChI is InChI=1S/C18H29N3O6S/c1-25-16-5-4-15(14-17(16)26-2)18(22)19-7-13-28(23,24)20-6-3-8-21-9-11-27-12-10-21/h4-5,14,20H,3,6-13H2,1-2H3,(H,19,22). The number of benzene rings is 1. The molecule has 2 N–H and O–H groups in total. The van der Waals surface area contributed by atoms with Gasteiger partial charge in [-0.2, -0.15) is 0 Å². The summed E-state index contributed by atoms with van der Waals surface area (Å²) in [7, 11) is -0.445. The summed E-state index contributed by atoms with van der Waals surface area (Å²) in [6, 6.07) is 4.77. The molecule has 0 aliphatic carbocycles. The van der Waals surface area contributed by atoms with Gasteiger partial charge < -0.3 is 19.5 Å². The van der Waals surface area contributed by atoms with E-state index in [-0.39, 0.29) is 18.2 Å². The second-order valence-corrected chi connectivity index (χ2v) is 8.27. The summed E-state index contributed by atoms with van der Waals surface area (Å²) >= 11 is 0. The van der Waals surface area contributed by atoms with E-state index in [2.05, 4.69) is 14.9 Å². The van der Waals surface area contributed by atoms with E-state index < -0.39 is 10.0 Å². The fourth-order valence-corrected chi connectivity index (χ4v) is 3.78. The van der Waals surface area contributed by atoms with Crippen molar-refractivity contribution in [1.29, 1.82) is 0 Å². The Morgan fingerprint density at radius 3 is 2.54 bits per heavy atom. The first-order valence-electron chi connectivity index (χ1n) is 9.23. The van der Waals surface area contributed by atoms with Crippen LogP contribution >= 0.6 is 0 Å². The van der Waals surface area contributed by atoms with Crippen LogP contribution in [0, 0.1) is 0 Å². The van der Waals surface area contributed by atoms with Crippen LogP contribution in [0.5, 0.6) is 11.5 Å². The number of methoxy groups -OCH3 is 2. The molecule has 1 aliphatic heterocycles. The van der Waals surface area contributed by atoms with Gasteiger partial charge >= 0.3 is 0 Å². The predicted molar refractivity (Wildman–Crippen MR) is 106 cm³/mol. The lowest BCUT2D eigenvalue weighted by Crippen LogP contribution is -2.39. The molecule has 10 heteroatoms. The Hall–Kier alpha value is -1.88. The number of ether oxygens (including phenoxy) is 3. The Labute approximate surface area is 166 Å². The highest BCUT2D eigenvalue weighted by molar-refractivity contribution is 7.89. The van der Waals surface area contributed by atoms with E-state index in [4.69, 9.17) is 14.2 Å². The topological polar surface area (TPSA) is 106 Å². The summed E-state index contributed by atoms with van der Waals surface area (Å²) < 4.78 is 42.2. The van der Waals surface area contributed by atoms with E-state index in [0.717, 1.165) is 39.3 Å². The average Bonchev–Trinajstić information content (AvgIpc) is 2.71. The zero-order valence-corrected chi connectivity index (χ0v) is 17.2. The summed E-state index contributed by atoms with van der Waals surface area (Å²) in [5, 5.41) is 2.61. The van der Waals surface area contributed by atoms with Crippen LogP contribution in [-0.4, -0.2) is 85.1 Å². The van der Waals surface area contributed by atoms with E-state index in [9.17, 15) is 13.2 Å². The van der Waals surface area contributed by atoms with Gasteiger partial charge in [-0.25, -0.2) is 13.1 Å². The SMILES string of the molecule is COc1ccc(C(=O)NCCS(=O)(=O)NCCCN2CCOCC2)cc1OC. The molecule has 1 amide bonds. The van der Waals surface area contributed by atoms with Gasteiger partial charge in [0, 0.05) is 31.7 Å². The third kappa shape index (κ3) is 7.27. The molecule has 158 valence electrons. The molecular formula is C18H29N3O6S. The molecule has 1 aliphatic rings. The second kappa shape index (κ2) is 11.2. The molecule has 9 nitrogen and oxygen atoms in total. The highest BCUT2D eigenvalue weighted by Crippen LogP contribution is 2.27. The van der Waals surface area contributed by atoms with E-state index in [1.165, 1.54) is 14.2 Å². The number of sulfonamides is 1. The molecule has 0 unspecified atom stereocenters. The van der Waals surface area contributed by atoms with Crippen LogP contribution in [0.4, 0.5) is 0 Å². The summed E-state index contributed by atoms with van der Waals surface area (Å²) in [6.45, 7) is 4.46. The van der Waals surface area contributed by atoms with Gasteiger partial charge in [-0.1, -0.05) is 0 Å². The normalized spacial score (nSPS) is 15.2. The Balaban J connectivity index is 1.69. The number of carbonyl (C=O) groups excluding carboxylic acids is 1. The Kier molecular flexibility index (Phi) is 8.97. The van der Waals surface area contributed by atoms with Crippen LogP contribution in [0.25, 0.3) is 0 Å². The smallest absolute Gasteiger partial charge is 0.251 e. The van der Waals surface area contributed by atoms with Gasteiger partial charge in [-0.3, -0.25) is 9.69 Å². The van der Waals surface area contributed by atoms with Crippen LogP contribution in [-0.2, 0) is 14.8 Å². The highest BCUT2D eigenvalue weighted by atomic mass is 32.2. The molecule has 28 heavy (non-hydrogen) atoms. The Morgan fingerprint density at radius 2 is 1.86 bits per heavy atom. The third-order valence-electron chi connectivity index (χ3n) is 4.38. The quantitative estimate of drug-likeness (QED) is 0.493. The van der Waals surface area contributed by atoms with Crippen molar-refractivity contribution >= 4 is 15.9 Å². The van der Waals surface area contributed by atoms with Gasteiger partial charge in [-0.05, 0) is 31.2 Å². The maximum atomic E-state index is 12.2. The first-order valence-corrected chi connectivity index (χ1v) is 10.9. The number of hydrogen-bond donors (Lipinski definition) is 2. The van der Waals surface area contributed by atoms with Crippen molar-refractivity contribution in [3.05, 3.63) is 23.8 Å². The zero-order chi connectivity index (χ0) is 20.4. The molecule has 0 bridgehead atoms. The van der Waals surface area contributed by atoms with Gasteiger partial charge in [0.15, 0.2) is 11.5 Å². The summed E-state index contributed by atoms with van der Waals surface area (Å²) in [6.07, 6.45) is 0.733. The number of carbonyl (C=O) groups is 1. The summed E-state index contributed by atoms with van der Waals surface area (Å²) in [5.74, 6) is 0.403. The minimum atomic E-state index is -3.44. The molecule has 1 aromatic rings. The largest absolute Gasteiger partial charge is 0.493 e. The fraction of sp³-hybridized carbons (Fsp3) is 0.611. The Morgan fingerprint density at radius 1 is 1.14 bits per heavy atom. The average molecular weight is 416 g/mol. The second-order valence-electron chi connectivity index (χ2n) is 6.35. The monoisotopic (exact) mass is 415 g/mol. The number of morpholine rings is 1. The first-order chi connectivity index (χ1) is 13.4. The van der Waals surface area contributed by atoms with Crippen LogP contribution in [0.1, 0.15) is 16.8 Å². The van der Waals surface area contributed by atoms with Gasteiger partial charge in [0.05, 0.1) is 33.2 Å². The van der Waals surface area contributed by atoms with Crippen molar-refractivity contribution in [2.24, 2.45) is 0 Å². The molecule has 1 aromatic carbocycles. The number of rotatable bonds is 11. The predicted octanol–water partition coefficient (Wildman–Crippen LogP) is 0.0753. The molecule has 0 radical (unpaired) electrons. The lowest BCUT2D eigenvalue weighted by Gasteiger charge is -2.26. The molecule has 0 atom stereocenters. The fourth-order valence-electron chi connectivity index (χ4n) is 2.81. The molecular weight excluding hydrogens is 386 g/mol. The van der Waals surface area contributed by atoms with E-state index in [1.807, 2.05) is 0 Å². The van der Waals surface area contributed by atoms with Crippen LogP contribution in [0.2, 0.25) is 0 Å². The lowest BCUT2D eigenvalue weighted by molar-refractivity contribution is 0.0376. The molecule has 0 aromatic heterocycles. The number of nitrogens with zero attached hydrogens (tertiary/aromatic N) is 1. The first kappa shape index (κ1) is 22.4. The minimum Gasteiger partial charge on any atom is -0.493 e. The van der Waals surface area contributed by atoms with Crippen molar-refractivity contribution in [3.8, 4) is 11.5 Å². The zero-order valence-electron chi connectivity index (χ0n) is 16.4. The lowest BCUT2D eigenvalue weighted by atomic mass is 10.2.